The molecule has 1 aromatic rings. The smallest absolute Gasteiger partial charge is 0.268 e. The number of hydrogen-bond acceptors (Lipinski definition) is 2. The zero-order valence-electron chi connectivity index (χ0n) is 10.6. The van der Waals surface area contributed by atoms with Crippen LogP contribution in [0.25, 0.3) is 0 Å². The summed E-state index contributed by atoms with van der Waals surface area (Å²) < 4.78 is 0. The van der Waals surface area contributed by atoms with Gasteiger partial charge in [-0.2, -0.15) is 0 Å². The van der Waals surface area contributed by atoms with Crippen molar-refractivity contribution in [3.63, 3.8) is 0 Å². The van der Waals surface area contributed by atoms with Crippen LogP contribution in [0.4, 0.5) is 0 Å². The molecule has 1 heterocycles. The third kappa shape index (κ3) is 1.85. The van der Waals surface area contributed by atoms with Crippen LogP contribution in [0, 0.1) is 5.92 Å². The van der Waals surface area contributed by atoms with Gasteiger partial charge in [0.1, 0.15) is 0 Å². The molecule has 2 atom stereocenters. The zero-order valence-corrected chi connectivity index (χ0v) is 10.6. The van der Waals surface area contributed by atoms with Gasteiger partial charge in [0.05, 0.1) is 6.04 Å². The van der Waals surface area contributed by atoms with Crippen molar-refractivity contribution >= 4 is 5.91 Å². The maximum Gasteiger partial charge on any atom is 0.268 e. The van der Waals surface area contributed by atoms with E-state index < -0.39 is 0 Å². The number of benzene rings is 1. The Bertz CT molecular complexity index is 469. The minimum Gasteiger partial charge on any atom is -0.268 e. The zero-order chi connectivity index (χ0) is 12.5. The monoisotopic (exact) mass is 242 g/mol. The highest BCUT2D eigenvalue weighted by Crippen LogP contribution is 2.32. The van der Waals surface area contributed by atoms with Crippen molar-refractivity contribution in [2.75, 3.05) is 13.6 Å². The van der Waals surface area contributed by atoms with Crippen molar-refractivity contribution < 1.29 is 4.79 Å². The fourth-order valence-corrected chi connectivity index (χ4v) is 3.01. The minimum absolute atomic E-state index is 0.108. The Morgan fingerprint density at radius 2 is 2.06 bits per heavy atom. The molecular formula is C15H18N2O. The van der Waals surface area contributed by atoms with E-state index >= 15 is 0 Å². The summed E-state index contributed by atoms with van der Waals surface area (Å²) in [5, 5.41) is 3.98. The van der Waals surface area contributed by atoms with Crippen molar-refractivity contribution in [2.24, 2.45) is 5.92 Å². The van der Waals surface area contributed by atoms with Gasteiger partial charge in [-0.25, -0.2) is 5.01 Å². The van der Waals surface area contributed by atoms with E-state index in [4.69, 9.17) is 0 Å². The third-order valence-corrected chi connectivity index (χ3v) is 3.90. The van der Waals surface area contributed by atoms with Gasteiger partial charge in [-0.15, -0.1) is 0 Å². The molecule has 0 bridgehead atoms. The fourth-order valence-electron chi connectivity index (χ4n) is 3.01. The number of hydrogen-bond donors (Lipinski definition) is 0. The van der Waals surface area contributed by atoms with Gasteiger partial charge in [-0.3, -0.25) is 9.80 Å². The van der Waals surface area contributed by atoms with Gasteiger partial charge in [-0.05, 0) is 30.9 Å². The van der Waals surface area contributed by atoms with E-state index in [1.807, 2.05) is 42.4 Å². The van der Waals surface area contributed by atoms with E-state index in [-0.39, 0.29) is 11.9 Å². The molecular weight excluding hydrogens is 224 g/mol. The fraction of sp³-hybridized carbons (Fsp3) is 0.400. The number of carbonyl (C=O) groups is 1. The molecule has 0 spiro atoms. The summed E-state index contributed by atoms with van der Waals surface area (Å²) in [5.74, 6) is 0.699. The summed E-state index contributed by atoms with van der Waals surface area (Å²) in [7, 11) is 2.01. The lowest BCUT2D eigenvalue weighted by atomic mass is 9.91. The molecule has 1 amide bonds. The SMILES string of the molecule is CN1CC2CCC=CC2N1C(=O)c1ccccc1. The molecule has 0 aromatic heterocycles. The van der Waals surface area contributed by atoms with E-state index in [9.17, 15) is 4.79 Å². The molecule has 1 aliphatic carbocycles. The van der Waals surface area contributed by atoms with Crippen LogP contribution in [0.5, 0.6) is 0 Å². The number of rotatable bonds is 1. The number of fused-ring (bicyclic) bond motifs is 1. The molecule has 0 radical (unpaired) electrons. The largest absolute Gasteiger partial charge is 0.268 e. The highest BCUT2D eigenvalue weighted by atomic mass is 16.2. The molecule has 0 N–H and O–H groups in total. The number of carbonyl (C=O) groups excluding carboxylic acids is 1. The number of amides is 1. The molecule has 1 aliphatic heterocycles. The second-order valence-electron chi connectivity index (χ2n) is 5.11. The molecule has 1 saturated heterocycles. The Kier molecular flexibility index (Phi) is 2.92. The Morgan fingerprint density at radius 3 is 2.83 bits per heavy atom. The van der Waals surface area contributed by atoms with Crippen LogP contribution in [0.3, 0.4) is 0 Å². The van der Waals surface area contributed by atoms with Gasteiger partial charge in [0.25, 0.3) is 5.91 Å². The average molecular weight is 242 g/mol. The molecule has 1 aromatic carbocycles. The van der Waals surface area contributed by atoms with Gasteiger partial charge in [-0.1, -0.05) is 30.4 Å². The first-order valence-electron chi connectivity index (χ1n) is 6.53. The van der Waals surface area contributed by atoms with Crippen LogP contribution in [0.2, 0.25) is 0 Å². The average Bonchev–Trinajstić information content (AvgIpc) is 2.75. The van der Waals surface area contributed by atoms with Crippen LogP contribution in [0.15, 0.2) is 42.5 Å². The maximum absolute atomic E-state index is 12.6. The van der Waals surface area contributed by atoms with Gasteiger partial charge >= 0.3 is 0 Å². The Labute approximate surface area is 108 Å². The minimum atomic E-state index is 0.108. The van der Waals surface area contributed by atoms with Gasteiger partial charge < -0.3 is 0 Å². The van der Waals surface area contributed by atoms with Crippen molar-refractivity contribution in [3.8, 4) is 0 Å². The molecule has 3 heteroatoms. The topological polar surface area (TPSA) is 23.6 Å². The van der Waals surface area contributed by atoms with E-state index in [1.54, 1.807) is 0 Å². The van der Waals surface area contributed by atoms with Crippen molar-refractivity contribution in [3.05, 3.63) is 48.0 Å². The summed E-state index contributed by atoms with van der Waals surface area (Å²) in [6.45, 7) is 0.980. The van der Waals surface area contributed by atoms with E-state index in [0.29, 0.717) is 5.92 Å². The first kappa shape index (κ1) is 11.5. The molecule has 0 saturated carbocycles. The van der Waals surface area contributed by atoms with Crippen LogP contribution in [0.1, 0.15) is 23.2 Å². The van der Waals surface area contributed by atoms with Crippen LogP contribution in [-0.4, -0.2) is 35.6 Å². The summed E-state index contributed by atoms with van der Waals surface area (Å²) in [5.41, 5.74) is 0.768. The Balaban J connectivity index is 1.89. The van der Waals surface area contributed by atoms with Crippen LogP contribution >= 0.6 is 0 Å². The predicted octanol–water partition coefficient (Wildman–Crippen LogP) is 2.32. The quantitative estimate of drug-likeness (QED) is 0.706. The molecule has 3 nitrogen and oxygen atoms in total. The summed E-state index contributed by atoms with van der Waals surface area (Å²) >= 11 is 0. The Morgan fingerprint density at radius 1 is 1.28 bits per heavy atom. The summed E-state index contributed by atoms with van der Waals surface area (Å²) in [4.78, 5) is 12.6. The number of nitrogens with zero attached hydrogens (tertiary/aromatic N) is 2. The van der Waals surface area contributed by atoms with Crippen molar-refractivity contribution in [1.82, 2.24) is 10.0 Å². The summed E-state index contributed by atoms with van der Waals surface area (Å²) in [6.07, 6.45) is 6.72. The lowest BCUT2D eigenvalue weighted by molar-refractivity contribution is 0.0244. The highest BCUT2D eigenvalue weighted by Gasteiger charge is 2.40. The molecule has 2 unspecified atom stereocenters. The van der Waals surface area contributed by atoms with Gasteiger partial charge in [0, 0.05) is 19.2 Å². The molecule has 3 rings (SSSR count). The van der Waals surface area contributed by atoms with Crippen molar-refractivity contribution in [2.45, 2.75) is 18.9 Å². The van der Waals surface area contributed by atoms with Crippen LogP contribution < -0.4 is 0 Å². The molecule has 94 valence electrons. The second kappa shape index (κ2) is 4.58. The second-order valence-corrected chi connectivity index (χ2v) is 5.11. The lowest BCUT2D eigenvalue weighted by Gasteiger charge is -2.30. The molecule has 2 aliphatic rings. The van der Waals surface area contributed by atoms with E-state index in [2.05, 4.69) is 17.2 Å². The Hall–Kier alpha value is -1.61. The lowest BCUT2D eigenvalue weighted by Crippen LogP contribution is -2.43. The third-order valence-electron chi connectivity index (χ3n) is 3.90. The summed E-state index contributed by atoms with van der Waals surface area (Å²) in [6, 6.07) is 9.78. The standard InChI is InChI=1S/C15H18N2O/c1-16-11-13-9-5-6-10-14(13)17(16)15(18)12-7-3-2-4-8-12/h2-4,6-8,10,13-14H,5,9,11H2,1H3. The highest BCUT2D eigenvalue weighted by molar-refractivity contribution is 5.94. The maximum atomic E-state index is 12.6. The molecule has 18 heavy (non-hydrogen) atoms. The number of hydrazine groups is 1. The normalized spacial score (nSPS) is 27.3. The van der Waals surface area contributed by atoms with Gasteiger partial charge in [0.2, 0.25) is 0 Å². The first-order chi connectivity index (χ1) is 8.77. The van der Waals surface area contributed by atoms with Crippen LogP contribution in [-0.2, 0) is 0 Å². The van der Waals surface area contributed by atoms with Crippen molar-refractivity contribution in [1.29, 1.82) is 0 Å². The van der Waals surface area contributed by atoms with E-state index in [0.717, 1.165) is 18.5 Å². The number of allylic oxidation sites excluding steroid dienone is 1. The molecule has 1 fully saturated rings. The predicted molar refractivity (Wildman–Crippen MR) is 70.9 cm³/mol. The van der Waals surface area contributed by atoms with E-state index in [1.165, 1.54) is 6.42 Å². The first-order valence-corrected chi connectivity index (χ1v) is 6.53. The van der Waals surface area contributed by atoms with Gasteiger partial charge in [0.15, 0.2) is 0 Å².